The average Bonchev–Trinajstić information content (AvgIpc) is 3.27. The monoisotopic (exact) mass is 278 g/mol. The number of hydrogen-bond donors (Lipinski definition) is 1. The van der Waals surface area contributed by atoms with Crippen LogP contribution < -0.4 is 10.2 Å². The summed E-state index contributed by atoms with van der Waals surface area (Å²) >= 11 is 0. The number of anilines is 1. The lowest BCUT2D eigenvalue weighted by Crippen LogP contribution is -2.29. The Labute approximate surface area is 122 Å². The Bertz CT molecular complexity index is 415. The van der Waals surface area contributed by atoms with Crippen LogP contribution in [0.15, 0.2) is 18.2 Å². The smallest absolute Gasteiger partial charge is 0.129 e. The van der Waals surface area contributed by atoms with E-state index in [1.54, 1.807) is 6.07 Å². The third kappa shape index (κ3) is 3.95. The second-order valence-corrected chi connectivity index (χ2v) is 5.69. The third-order valence-corrected chi connectivity index (χ3v) is 3.87. The van der Waals surface area contributed by atoms with Crippen molar-refractivity contribution in [1.29, 1.82) is 0 Å². The first-order chi connectivity index (χ1) is 9.77. The largest absolute Gasteiger partial charge is 0.368 e. The van der Waals surface area contributed by atoms with Gasteiger partial charge < -0.3 is 10.2 Å². The van der Waals surface area contributed by atoms with Crippen LogP contribution in [-0.4, -0.2) is 19.1 Å². The first-order valence-corrected chi connectivity index (χ1v) is 8.02. The Morgan fingerprint density at radius 3 is 2.70 bits per heavy atom. The van der Waals surface area contributed by atoms with Crippen LogP contribution in [-0.2, 0) is 6.54 Å². The van der Waals surface area contributed by atoms with Crippen molar-refractivity contribution in [2.24, 2.45) is 0 Å². The first kappa shape index (κ1) is 15.3. The number of nitrogens with one attached hydrogen (secondary N) is 1. The van der Waals surface area contributed by atoms with Gasteiger partial charge in [0.1, 0.15) is 5.82 Å². The Hall–Kier alpha value is -1.09. The van der Waals surface area contributed by atoms with Crippen LogP contribution in [0.5, 0.6) is 0 Å². The number of hydrogen-bond acceptors (Lipinski definition) is 2. The second-order valence-electron chi connectivity index (χ2n) is 5.69. The zero-order valence-electron chi connectivity index (χ0n) is 12.8. The summed E-state index contributed by atoms with van der Waals surface area (Å²) in [6.45, 7) is 6.95. The van der Waals surface area contributed by atoms with Crippen LogP contribution in [0.1, 0.15) is 51.5 Å². The number of nitrogens with zero attached hydrogens (tertiary/aromatic N) is 1. The molecule has 0 spiro atoms. The summed E-state index contributed by atoms with van der Waals surface area (Å²) in [6.07, 6.45) is 5.94. The Balaban J connectivity index is 2.16. The molecule has 2 rings (SSSR count). The fourth-order valence-corrected chi connectivity index (χ4v) is 2.60. The molecule has 0 radical (unpaired) electrons. The topological polar surface area (TPSA) is 15.3 Å². The lowest BCUT2D eigenvalue weighted by atomic mass is 10.1. The molecule has 112 valence electrons. The van der Waals surface area contributed by atoms with Crippen LogP contribution in [0.25, 0.3) is 0 Å². The number of unbranched alkanes of at least 4 members (excludes halogenated alkanes) is 1. The summed E-state index contributed by atoms with van der Waals surface area (Å²) in [7, 11) is 0. The van der Waals surface area contributed by atoms with Gasteiger partial charge >= 0.3 is 0 Å². The quantitative estimate of drug-likeness (QED) is 0.684. The van der Waals surface area contributed by atoms with E-state index in [0.717, 1.165) is 30.8 Å². The highest BCUT2D eigenvalue weighted by Crippen LogP contribution is 2.34. The van der Waals surface area contributed by atoms with Gasteiger partial charge in [-0.2, -0.15) is 0 Å². The first-order valence-electron chi connectivity index (χ1n) is 8.02. The normalized spacial score (nSPS) is 14.6. The summed E-state index contributed by atoms with van der Waals surface area (Å²) in [4.78, 5) is 2.43. The van der Waals surface area contributed by atoms with E-state index in [4.69, 9.17) is 0 Å². The van der Waals surface area contributed by atoms with E-state index in [-0.39, 0.29) is 5.82 Å². The van der Waals surface area contributed by atoms with Crippen molar-refractivity contribution in [3.8, 4) is 0 Å². The predicted molar refractivity (Wildman–Crippen MR) is 83.7 cm³/mol. The molecule has 1 N–H and O–H groups in total. The number of benzene rings is 1. The van der Waals surface area contributed by atoms with E-state index in [9.17, 15) is 4.39 Å². The molecule has 0 saturated heterocycles. The van der Waals surface area contributed by atoms with Gasteiger partial charge in [-0.25, -0.2) is 4.39 Å². The van der Waals surface area contributed by atoms with Crippen molar-refractivity contribution >= 4 is 5.69 Å². The minimum Gasteiger partial charge on any atom is -0.368 e. The fourth-order valence-electron chi connectivity index (χ4n) is 2.60. The third-order valence-electron chi connectivity index (χ3n) is 3.87. The molecular formula is C17H27FN2. The van der Waals surface area contributed by atoms with Gasteiger partial charge in [-0.15, -0.1) is 0 Å². The molecule has 0 aliphatic heterocycles. The minimum atomic E-state index is -0.0757. The maximum Gasteiger partial charge on any atom is 0.129 e. The van der Waals surface area contributed by atoms with Crippen LogP contribution in [0, 0.1) is 5.82 Å². The van der Waals surface area contributed by atoms with Gasteiger partial charge in [0.15, 0.2) is 0 Å². The summed E-state index contributed by atoms with van der Waals surface area (Å²) in [6, 6.07) is 6.14. The van der Waals surface area contributed by atoms with E-state index in [1.807, 2.05) is 6.07 Å². The molecule has 1 aromatic rings. The van der Waals surface area contributed by atoms with Crippen LogP contribution >= 0.6 is 0 Å². The molecule has 0 atom stereocenters. The van der Waals surface area contributed by atoms with Crippen molar-refractivity contribution in [3.63, 3.8) is 0 Å². The predicted octanol–water partition coefficient (Wildman–Crippen LogP) is 4.09. The van der Waals surface area contributed by atoms with Gasteiger partial charge in [0.25, 0.3) is 0 Å². The van der Waals surface area contributed by atoms with Gasteiger partial charge in [-0.3, -0.25) is 0 Å². The van der Waals surface area contributed by atoms with Gasteiger partial charge in [0, 0.05) is 30.4 Å². The van der Waals surface area contributed by atoms with Gasteiger partial charge in [0.2, 0.25) is 0 Å². The Morgan fingerprint density at radius 1 is 1.25 bits per heavy atom. The van der Waals surface area contributed by atoms with Crippen molar-refractivity contribution in [1.82, 2.24) is 5.32 Å². The highest BCUT2D eigenvalue weighted by molar-refractivity contribution is 5.56. The maximum absolute atomic E-state index is 14.2. The van der Waals surface area contributed by atoms with Crippen molar-refractivity contribution in [3.05, 3.63) is 29.6 Å². The molecule has 0 bridgehead atoms. The second kappa shape index (κ2) is 7.63. The van der Waals surface area contributed by atoms with Crippen LogP contribution in [0.4, 0.5) is 10.1 Å². The maximum atomic E-state index is 14.2. The molecule has 1 aromatic carbocycles. The molecule has 0 aromatic heterocycles. The molecule has 1 saturated carbocycles. The highest BCUT2D eigenvalue weighted by atomic mass is 19.1. The van der Waals surface area contributed by atoms with Crippen LogP contribution in [0.2, 0.25) is 0 Å². The summed E-state index contributed by atoms with van der Waals surface area (Å²) in [5.41, 5.74) is 1.94. The van der Waals surface area contributed by atoms with Crippen molar-refractivity contribution in [2.75, 3.05) is 18.0 Å². The standard InChI is InChI=1S/C17H27FN2/c1-3-5-12-20(14-9-10-14)17-8-6-7-16(18)15(17)13-19-11-4-2/h6-8,14,19H,3-5,9-13H2,1-2H3. The van der Waals surface area contributed by atoms with Gasteiger partial charge in [0.05, 0.1) is 0 Å². The van der Waals surface area contributed by atoms with E-state index < -0.39 is 0 Å². The Kier molecular flexibility index (Phi) is 5.84. The molecule has 0 heterocycles. The number of rotatable bonds is 9. The summed E-state index contributed by atoms with van der Waals surface area (Å²) < 4.78 is 14.2. The lowest BCUT2D eigenvalue weighted by molar-refractivity contribution is 0.582. The average molecular weight is 278 g/mol. The zero-order valence-corrected chi connectivity index (χ0v) is 12.8. The van der Waals surface area contributed by atoms with Crippen LogP contribution in [0.3, 0.4) is 0 Å². The van der Waals surface area contributed by atoms with E-state index in [0.29, 0.717) is 12.6 Å². The minimum absolute atomic E-state index is 0.0757. The summed E-state index contributed by atoms with van der Waals surface area (Å²) in [5.74, 6) is -0.0757. The highest BCUT2D eigenvalue weighted by Gasteiger charge is 2.30. The molecule has 0 amide bonds. The molecule has 1 aliphatic carbocycles. The van der Waals surface area contributed by atoms with E-state index in [1.165, 1.54) is 25.7 Å². The molecule has 1 aliphatic rings. The zero-order chi connectivity index (χ0) is 14.4. The lowest BCUT2D eigenvalue weighted by Gasteiger charge is -2.27. The fraction of sp³-hybridized carbons (Fsp3) is 0.647. The van der Waals surface area contributed by atoms with E-state index in [2.05, 4.69) is 30.1 Å². The van der Waals surface area contributed by atoms with Gasteiger partial charge in [-0.05, 0) is 44.4 Å². The molecule has 3 heteroatoms. The van der Waals surface area contributed by atoms with Crippen molar-refractivity contribution in [2.45, 2.75) is 58.5 Å². The molecular weight excluding hydrogens is 251 g/mol. The van der Waals surface area contributed by atoms with Gasteiger partial charge in [-0.1, -0.05) is 26.3 Å². The number of halogens is 1. The summed E-state index contributed by atoms with van der Waals surface area (Å²) in [5, 5.41) is 3.34. The molecule has 2 nitrogen and oxygen atoms in total. The molecule has 20 heavy (non-hydrogen) atoms. The van der Waals surface area contributed by atoms with E-state index >= 15 is 0 Å². The van der Waals surface area contributed by atoms with Crippen molar-refractivity contribution < 1.29 is 4.39 Å². The Morgan fingerprint density at radius 2 is 2.05 bits per heavy atom. The SMILES string of the molecule is CCCCN(c1cccc(F)c1CNCCC)C1CC1. The molecule has 0 unspecified atom stereocenters. The molecule has 1 fully saturated rings.